The molecule has 0 aliphatic rings. The number of halogens is 2. The normalized spacial score (nSPS) is 12.7. The van der Waals surface area contributed by atoms with E-state index >= 15 is 0 Å². The first-order chi connectivity index (χ1) is 21.9. The highest BCUT2D eigenvalue weighted by Crippen LogP contribution is 2.31. The molecule has 0 fully saturated rings. The maximum absolute atomic E-state index is 14.6. The van der Waals surface area contributed by atoms with Gasteiger partial charge in [-0.15, -0.1) is 0 Å². The van der Waals surface area contributed by atoms with E-state index in [-0.39, 0.29) is 35.5 Å². The van der Waals surface area contributed by atoms with Gasteiger partial charge in [0.05, 0.1) is 10.6 Å². The number of amides is 2. The van der Waals surface area contributed by atoms with Gasteiger partial charge in [-0.3, -0.25) is 13.9 Å². The first-order valence-electron chi connectivity index (χ1n) is 15.1. The Labute approximate surface area is 282 Å². The highest BCUT2D eigenvalue weighted by atomic mass is 35.5. The van der Waals surface area contributed by atoms with Crippen LogP contribution >= 0.6 is 23.2 Å². The Balaban J connectivity index is 1.83. The van der Waals surface area contributed by atoms with Gasteiger partial charge in [-0.2, -0.15) is 0 Å². The average molecular weight is 681 g/mol. The van der Waals surface area contributed by atoms with Crippen LogP contribution in [0.4, 0.5) is 5.69 Å². The Bertz CT molecular complexity index is 1750. The van der Waals surface area contributed by atoms with E-state index in [1.165, 1.54) is 17.0 Å². The van der Waals surface area contributed by atoms with Gasteiger partial charge in [-0.25, -0.2) is 8.42 Å². The molecule has 2 amide bonds. The molecule has 46 heavy (non-hydrogen) atoms. The summed E-state index contributed by atoms with van der Waals surface area (Å²) in [6.45, 7) is 6.94. The van der Waals surface area contributed by atoms with Gasteiger partial charge in [0.2, 0.25) is 11.8 Å². The summed E-state index contributed by atoms with van der Waals surface area (Å²) >= 11 is 12.6. The Morgan fingerprint density at radius 1 is 0.826 bits per heavy atom. The fourth-order valence-electron chi connectivity index (χ4n) is 5.00. The molecule has 0 aliphatic heterocycles. The molecule has 0 aromatic heterocycles. The number of sulfonamides is 1. The number of benzene rings is 4. The smallest absolute Gasteiger partial charge is 0.264 e. The molecule has 4 rings (SSSR count). The van der Waals surface area contributed by atoms with Crippen molar-refractivity contribution >= 4 is 50.7 Å². The topological polar surface area (TPSA) is 86.8 Å². The van der Waals surface area contributed by atoms with Crippen LogP contribution in [0.3, 0.4) is 0 Å². The van der Waals surface area contributed by atoms with Gasteiger partial charge in [-0.05, 0) is 80.3 Å². The summed E-state index contributed by atoms with van der Waals surface area (Å²) in [6, 6.07) is 26.8. The Morgan fingerprint density at radius 2 is 1.48 bits per heavy atom. The monoisotopic (exact) mass is 679 g/mol. The van der Waals surface area contributed by atoms with Gasteiger partial charge < -0.3 is 10.2 Å². The van der Waals surface area contributed by atoms with E-state index in [1.54, 1.807) is 61.5 Å². The summed E-state index contributed by atoms with van der Waals surface area (Å²) in [7, 11) is -4.24. The fourth-order valence-corrected chi connectivity index (χ4v) is 6.77. The lowest BCUT2D eigenvalue weighted by Gasteiger charge is -2.34. The number of aryl methyl sites for hydroxylation is 1. The minimum absolute atomic E-state index is 0.0323. The van der Waals surface area contributed by atoms with Crippen LogP contribution in [-0.4, -0.2) is 43.8 Å². The summed E-state index contributed by atoms with van der Waals surface area (Å²) in [5, 5.41) is 3.93. The predicted molar refractivity (Wildman–Crippen MR) is 186 cm³/mol. The summed E-state index contributed by atoms with van der Waals surface area (Å²) in [5.74, 6) is -0.877. The third-order valence-electron chi connectivity index (χ3n) is 7.93. The Hall–Kier alpha value is -3.85. The van der Waals surface area contributed by atoms with E-state index in [0.717, 1.165) is 21.0 Å². The SMILES string of the molecule is CC[C@H](C)NC(=O)[C@H](Cc1ccccc1)N(Cc1ccc(Cl)cc1)C(=O)CN(c1cccc(Cl)c1C)S(=O)(=O)c1ccc(C)cc1. The lowest BCUT2D eigenvalue weighted by atomic mass is 10.0. The minimum atomic E-state index is -4.24. The number of carbonyl (C=O) groups is 2. The molecule has 2 atom stereocenters. The van der Waals surface area contributed by atoms with Gasteiger partial charge in [0.1, 0.15) is 12.6 Å². The average Bonchev–Trinajstić information content (AvgIpc) is 3.04. The first-order valence-corrected chi connectivity index (χ1v) is 17.3. The van der Waals surface area contributed by atoms with Crippen LogP contribution in [0.1, 0.15) is 42.5 Å². The molecular weight excluding hydrogens is 641 g/mol. The maximum atomic E-state index is 14.6. The van der Waals surface area contributed by atoms with Crippen molar-refractivity contribution in [2.24, 2.45) is 0 Å². The van der Waals surface area contributed by atoms with Crippen molar-refractivity contribution in [3.63, 3.8) is 0 Å². The molecule has 1 N–H and O–H groups in total. The van der Waals surface area contributed by atoms with Gasteiger partial charge in [0.25, 0.3) is 10.0 Å². The lowest BCUT2D eigenvalue weighted by Crippen LogP contribution is -2.54. The molecule has 10 heteroatoms. The molecule has 242 valence electrons. The quantitative estimate of drug-likeness (QED) is 0.160. The number of anilines is 1. The van der Waals surface area contributed by atoms with Crippen LogP contribution < -0.4 is 9.62 Å². The predicted octanol–water partition coefficient (Wildman–Crippen LogP) is 7.36. The molecule has 0 saturated carbocycles. The van der Waals surface area contributed by atoms with Crippen molar-refractivity contribution in [2.75, 3.05) is 10.8 Å². The third kappa shape index (κ3) is 8.69. The zero-order valence-corrected chi connectivity index (χ0v) is 28.7. The molecule has 0 radical (unpaired) electrons. The zero-order chi connectivity index (χ0) is 33.4. The van der Waals surface area contributed by atoms with Gasteiger partial charge in [0.15, 0.2) is 0 Å². The molecule has 0 bridgehead atoms. The van der Waals surface area contributed by atoms with Crippen molar-refractivity contribution in [3.8, 4) is 0 Å². The Kier molecular flexibility index (Phi) is 11.9. The second-order valence-electron chi connectivity index (χ2n) is 11.4. The summed E-state index contributed by atoms with van der Waals surface area (Å²) in [6.07, 6.45) is 0.925. The zero-order valence-electron chi connectivity index (χ0n) is 26.4. The van der Waals surface area contributed by atoms with E-state index in [4.69, 9.17) is 23.2 Å². The minimum Gasteiger partial charge on any atom is -0.352 e. The number of hydrogen-bond acceptors (Lipinski definition) is 4. The van der Waals surface area contributed by atoms with Gasteiger partial charge in [-0.1, -0.05) is 96.4 Å². The lowest BCUT2D eigenvalue weighted by molar-refractivity contribution is -0.140. The maximum Gasteiger partial charge on any atom is 0.264 e. The van der Waals surface area contributed by atoms with Crippen molar-refractivity contribution in [1.29, 1.82) is 0 Å². The highest BCUT2D eigenvalue weighted by Gasteiger charge is 2.35. The second kappa shape index (κ2) is 15.6. The van der Waals surface area contributed by atoms with E-state index in [2.05, 4.69) is 5.32 Å². The molecule has 0 saturated heterocycles. The van der Waals surface area contributed by atoms with Crippen LogP contribution in [0.25, 0.3) is 0 Å². The largest absolute Gasteiger partial charge is 0.352 e. The van der Waals surface area contributed by atoms with Gasteiger partial charge >= 0.3 is 0 Å². The van der Waals surface area contributed by atoms with Crippen molar-refractivity contribution in [2.45, 2.75) is 64.1 Å². The number of nitrogens with one attached hydrogen (secondary N) is 1. The van der Waals surface area contributed by atoms with Crippen LogP contribution in [0.15, 0.2) is 102 Å². The molecule has 4 aromatic carbocycles. The van der Waals surface area contributed by atoms with Crippen LogP contribution in [-0.2, 0) is 32.6 Å². The molecule has 0 aliphatic carbocycles. The number of carbonyl (C=O) groups excluding carboxylic acids is 2. The first kappa shape index (κ1) is 35.0. The summed E-state index contributed by atoms with van der Waals surface area (Å²) in [4.78, 5) is 30.0. The third-order valence-corrected chi connectivity index (χ3v) is 10.4. The summed E-state index contributed by atoms with van der Waals surface area (Å²) in [5.41, 5.74) is 3.27. The van der Waals surface area contributed by atoms with Crippen molar-refractivity contribution in [1.82, 2.24) is 10.2 Å². The van der Waals surface area contributed by atoms with Crippen LogP contribution in [0, 0.1) is 13.8 Å². The fraction of sp³-hybridized carbons (Fsp3) is 0.278. The number of nitrogens with zero attached hydrogens (tertiary/aromatic N) is 2. The number of rotatable bonds is 13. The molecule has 0 spiro atoms. The molecule has 0 heterocycles. The number of hydrogen-bond donors (Lipinski definition) is 1. The highest BCUT2D eigenvalue weighted by molar-refractivity contribution is 7.92. The van der Waals surface area contributed by atoms with E-state index in [0.29, 0.717) is 22.0 Å². The molecular formula is C36H39Cl2N3O4S. The molecule has 4 aromatic rings. The standard InChI is InChI=1S/C36H39Cl2N3O4S/c1-5-26(3)39-36(43)34(22-28-10-7-6-8-11-28)40(23-29-16-18-30(37)19-17-29)35(42)24-41(33-13-9-12-32(38)27(33)4)46(44,45)31-20-14-25(2)15-21-31/h6-21,26,34H,5,22-24H2,1-4H3,(H,39,43)/t26-,34-/m0/s1. The van der Waals surface area contributed by atoms with E-state index in [9.17, 15) is 18.0 Å². The van der Waals surface area contributed by atoms with Crippen molar-refractivity contribution in [3.05, 3.63) is 129 Å². The van der Waals surface area contributed by atoms with Crippen LogP contribution in [0.5, 0.6) is 0 Å². The van der Waals surface area contributed by atoms with E-state index < -0.39 is 28.5 Å². The van der Waals surface area contributed by atoms with Crippen LogP contribution in [0.2, 0.25) is 10.0 Å². The van der Waals surface area contributed by atoms with Gasteiger partial charge in [0, 0.05) is 29.1 Å². The summed E-state index contributed by atoms with van der Waals surface area (Å²) < 4.78 is 29.6. The second-order valence-corrected chi connectivity index (χ2v) is 14.1. The molecule has 0 unspecified atom stereocenters. The molecule has 7 nitrogen and oxygen atoms in total. The Morgan fingerprint density at radius 3 is 2.11 bits per heavy atom. The van der Waals surface area contributed by atoms with Crippen molar-refractivity contribution < 1.29 is 18.0 Å². The van der Waals surface area contributed by atoms with E-state index in [1.807, 2.05) is 51.1 Å².